The molecule has 1 aromatic rings. The van der Waals surface area contributed by atoms with E-state index in [-0.39, 0.29) is 0 Å². The topological polar surface area (TPSA) is 30.5 Å². The van der Waals surface area contributed by atoms with Crippen LogP contribution in [-0.4, -0.2) is 20.8 Å². The molecule has 0 saturated carbocycles. The minimum Gasteiger partial charge on any atom is -0.497 e. The van der Waals surface area contributed by atoms with Crippen LogP contribution in [0.3, 0.4) is 0 Å². The van der Waals surface area contributed by atoms with Crippen LogP contribution in [0.2, 0.25) is 0 Å². The molecule has 1 N–H and O–H groups in total. The second-order valence-electron chi connectivity index (χ2n) is 3.24. The Labute approximate surface area is 90.7 Å². The summed E-state index contributed by atoms with van der Waals surface area (Å²) in [7, 11) is 3.31. The van der Waals surface area contributed by atoms with E-state index in [4.69, 9.17) is 9.47 Å². The van der Waals surface area contributed by atoms with Crippen LogP contribution in [0.25, 0.3) is 0 Å². The molecule has 3 heteroatoms. The SMILES string of the molecule is C=C(COC)NCc1ccc(OC)cc1. The van der Waals surface area contributed by atoms with Gasteiger partial charge in [0.25, 0.3) is 0 Å². The average Bonchev–Trinajstić information content (AvgIpc) is 2.27. The first kappa shape index (κ1) is 11.6. The van der Waals surface area contributed by atoms with Crippen molar-refractivity contribution in [2.24, 2.45) is 0 Å². The number of nitrogens with one attached hydrogen (secondary N) is 1. The molecule has 0 fully saturated rings. The van der Waals surface area contributed by atoms with E-state index >= 15 is 0 Å². The van der Waals surface area contributed by atoms with E-state index in [2.05, 4.69) is 11.9 Å². The number of ether oxygens (including phenoxy) is 2. The van der Waals surface area contributed by atoms with Gasteiger partial charge in [0.05, 0.1) is 13.7 Å². The van der Waals surface area contributed by atoms with Crippen LogP contribution >= 0.6 is 0 Å². The molecule has 0 unspecified atom stereocenters. The van der Waals surface area contributed by atoms with Gasteiger partial charge in [-0.15, -0.1) is 0 Å². The summed E-state index contributed by atoms with van der Waals surface area (Å²) in [6.07, 6.45) is 0. The molecule has 82 valence electrons. The summed E-state index contributed by atoms with van der Waals surface area (Å²) in [4.78, 5) is 0. The first-order chi connectivity index (χ1) is 7.26. The van der Waals surface area contributed by atoms with E-state index in [1.807, 2.05) is 24.3 Å². The van der Waals surface area contributed by atoms with Gasteiger partial charge in [0.2, 0.25) is 0 Å². The Morgan fingerprint density at radius 3 is 2.47 bits per heavy atom. The zero-order valence-corrected chi connectivity index (χ0v) is 9.25. The molecular formula is C12H17NO2. The number of hydrogen-bond acceptors (Lipinski definition) is 3. The summed E-state index contributed by atoms with van der Waals surface area (Å²) in [6.45, 7) is 5.13. The Morgan fingerprint density at radius 2 is 1.93 bits per heavy atom. The molecule has 0 aliphatic carbocycles. The molecule has 1 aromatic carbocycles. The van der Waals surface area contributed by atoms with Crippen LogP contribution in [0, 0.1) is 0 Å². The molecule has 0 aliphatic rings. The molecule has 0 radical (unpaired) electrons. The molecule has 1 rings (SSSR count). The third-order valence-corrected chi connectivity index (χ3v) is 2.02. The molecule has 0 spiro atoms. The summed E-state index contributed by atoms with van der Waals surface area (Å²) in [6, 6.07) is 7.92. The summed E-state index contributed by atoms with van der Waals surface area (Å²) >= 11 is 0. The molecule has 0 aromatic heterocycles. The number of rotatable bonds is 6. The van der Waals surface area contributed by atoms with Crippen molar-refractivity contribution in [2.45, 2.75) is 6.54 Å². The lowest BCUT2D eigenvalue weighted by Crippen LogP contribution is -2.15. The maximum atomic E-state index is 5.08. The van der Waals surface area contributed by atoms with E-state index < -0.39 is 0 Å². The molecule has 3 nitrogen and oxygen atoms in total. The summed E-state index contributed by atoms with van der Waals surface area (Å²) < 4.78 is 10.0. The van der Waals surface area contributed by atoms with Gasteiger partial charge in [-0.3, -0.25) is 0 Å². The predicted molar refractivity (Wildman–Crippen MR) is 60.8 cm³/mol. The quantitative estimate of drug-likeness (QED) is 0.773. The van der Waals surface area contributed by atoms with Crippen molar-refractivity contribution in [3.8, 4) is 5.75 Å². The van der Waals surface area contributed by atoms with Gasteiger partial charge in [0.15, 0.2) is 0 Å². The molecular weight excluding hydrogens is 190 g/mol. The number of hydrogen-bond donors (Lipinski definition) is 1. The van der Waals surface area contributed by atoms with Crippen LogP contribution < -0.4 is 10.1 Å². The van der Waals surface area contributed by atoms with Crippen molar-refractivity contribution < 1.29 is 9.47 Å². The molecule has 0 heterocycles. The van der Waals surface area contributed by atoms with Gasteiger partial charge in [-0.1, -0.05) is 18.7 Å². The van der Waals surface area contributed by atoms with Crippen LogP contribution in [-0.2, 0) is 11.3 Å². The molecule has 15 heavy (non-hydrogen) atoms. The third-order valence-electron chi connectivity index (χ3n) is 2.02. The van der Waals surface area contributed by atoms with E-state index in [0.717, 1.165) is 18.0 Å². The Balaban J connectivity index is 2.40. The van der Waals surface area contributed by atoms with Crippen molar-refractivity contribution >= 4 is 0 Å². The predicted octanol–water partition coefficient (Wildman–Crippen LogP) is 1.94. The van der Waals surface area contributed by atoms with Crippen molar-refractivity contribution in [3.63, 3.8) is 0 Å². The van der Waals surface area contributed by atoms with E-state index in [1.165, 1.54) is 5.56 Å². The highest BCUT2D eigenvalue weighted by atomic mass is 16.5. The minimum absolute atomic E-state index is 0.538. The Hall–Kier alpha value is -1.48. The monoisotopic (exact) mass is 207 g/mol. The van der Waals surface area contributed by atoms with Gasteiger partial charge in [-0.2, -0.15) is 0 Å². The normalized spacial score (nSPS) is 9.73. The van der Waals surface area contributed by atoms with Crippen LogP contribution in [0.5, 0.6) is 5.75 Å². The number of methoxy groups -OCH3 is 2. The standard InChI is InChI=1S/C12H17NO2/c1-10(9-14-2)13-8-11-4-6-12(15-3)7-5-11/h4-7,13H,1,8-9H2,2-3H3. The van der Waals surface area contributed by atoms with Crippen LogP contribution in [0.4, 0.5) is 0 Å². The van der Waals surface area contributed by atoms with Crippen molar-refractivity contribution in [2.75, 3.05) is 20.8 Å². The second-order valence-corrected chi connectivity index (χ2v) is 3.24. The Morgan fingerprint density at radius 1 is 1.27 bits per heavy atom. The van der Waals surface area contributed by atoms with Gasteiger partial charge in [-0.05, 0) is 17.7 Å². The van der Waals surface area contributed by atoms with Gasteiger partial charge in [0.1, 0.15) is 5.75 Å². The average molecular weight is 207 g/mol. The summed E-state index contributed by atoms with van der Waals surface area (Å²) in [5.41, 5.74) is 2.07. The fraction of sp³-hybridized carbons (Fsp3) is 0.333. The third kappa shape index (κ3) is 4.04. The minimum atomic E-state index is 0.538. The highest BCUT2D eigenvalue weighted by Crippen LogP contribution is 2.11. The van der Waals surface area contributed by atoms with Gasteiger partial charge in [-0.25, -0.2) is 0 Å². The lowest BCUT2D eigenvalue weighted by molar-refractivity contribution is 0.220. The highest BCUT2D eigenvalue weighted by Gasteiger charge is 1.95. The lowest BCUT2D eigenvalue weighted by Gasteiger charge is -2.08. The summed E-state index contributed by atoms with van der Waals surface area (Å²) in [5, 5.41) is 3.18. The molecule has 0 bridgehead atoms. The highest BCUT2D eigenvalue weighted by molar-refractivity contribution is 5.27. The van der Waals surface area contributed by atoms with Crippen molar-refractivity contribution in [1.29, 1.82) is 0 Å². The van der Waals surface area contributed by atoms with Crippen molar-refractivity contribution in [3.05, 3.63) is 42.1 Å². The van der Waals surface area contributed by atoms with Crippen LogP contribution in [0.1, 0.15) is 5.56 Å². The largest absolute Gasteiger partial charge is 0.497 e. The second kappa shape index (κ2) is 6.09. The van der Waals surface area contributed by atoms with Gasteiger partial charge in [0, 0.05) is 19.4 Å². The fourth-order valence-corrected chi connectivity index (χ4v) is 1.20. The first-order valence-electron chi connectivity index (χ1n) is 4.79. The van der Waals surface area contributed by atoms with Crippen molar-refractivity contribution in [1.82, 2.24) is 5.32 Å². The first-order valence-corrected chi connectivity index (χ1v) is 4.79. The molecule has 0 saturated heterocycles. The summed E-state index contributed by atoms with van der Waals surface area (Å²) in [5.74, 6) is 0.870. The maximum absolute atomic E-state index is 5.08. The Kier molecular flexibility index (Phi) is 4.71. The number of benzene rings is 1. The Bertz CT molecular complexity index is 306. The molecule has 0 atom stereocenters. The van der Waals surface area contributed by atoms with Gasteiger partial charge >= 0.3 is 0 Å². The zero-order valence-electron chi connectivity index (χ0n) is 9.25. The molecule has 0 aliphatic heterocycles. The smallest absolute Gasteiger partial charge is 0.118 e. The van der Waals surface area contributed by atoms with E-state index in [0.29, 0.717) is 6.61 Å². The maximum Gasteiger partial charge on any atom is 0.118 e. The fourth-order valence-electron chi connectivity index (χ4n) is 1.20. The molecule has 0 amide bonds. The lowest BCUT2D eigenvalue weighted by atomic mass is 10.2. The van der Waals surface area contributed by atoms with E-state index in [9.17, 15) is 0 Å². The van der Waals surface area contributed by atoms with Crippen LogP contribution in [0.15, 0.2) is 36.5 Å². The zero-order chi connectivity index (χ0) is 11.1. The van der Waals surface area contributed by atoms with Gasteiger partial charge < -0.3 is 14.8 Å². The van der Waals surface area contributed by atoms with E-state index in [1.54, 1.807) is 14.2 Å².